The van der Waals surface area contributed by atoms with Crippen molar-refractivity contribution < 1.29 is 9.11 Å². The highest BCUT2D eigenvalue weighted by Crippen LogP contribution is 2.42. The van der Waals surface area contributed by atoms with Crippen LogP contribution >= 0.6 is 10.8 Å². The number of piperazine rings is 1. The Bertz CT molecular complexity index is 146. The molecule has 2 N–H and O–H groups in total. The van der Waals surface area contributed by atoms with Crippen LogP contribution in [-0.2, 0) is 0 Å². The minimum atomic E-state index is -2.44. The lowest BCUT2D eigenvalue weighted by molar-refractivity contribution is 0.209. The van der Waals surface area contributed by atoms with Crippen molar-refractivity contribution in [1.82, 2.24) is 9.21 Å². The number of likely N-dealkylation sites (N-methyl/N-ethyl adjacent to an activating group) is 1. The van der Waals surface area contributed by atoms with E-state index < -0.39 is 10.8 Å². The predicted octanol–water partition coefficient (Wildman–Crippen LogP) is 0.919. The smallest absolute Gasteiger partial charge is 0.0502 e. The molecular weight excluding hydrogens is 176 g/mol. The first-order valence-electron chi connectivity index (χ1n) is 4.26. The molecule has 0 spiro atoms. The second-order valence-electron chi connectivity index (χ2n) is 3.15. The molecule has 1 aliphatic heterocycles. The van der Waals surface area contributed by atoms with Crippen LogP contribution in [0.15, 0.2) is 0 Å². The average molecular weight is 194 g/mol. The van der Waals surface area contributed by atoms with Crippen LogP contribution in [0.5, 0.6) is 0 Å². The molecule has 0 amide bonds. The summed E-state index contributed by atoms with van der Waals surface area (Å²) in [5, 5.41) is 0. The van der Waals surface area contributed by atoms with Crippen LogP contribution in [0.3, 0.4) is 0 Å². The Morgan fingerprint density at radius 1 is 1.17 bits per heavy atom. The first kappa shape index (κ1) is 10.3. The molecule has 4 nitrogen and oxygen atoms in total. The molecule has 1 saturated heterocycles. The van der Waals surface area contributed by atoms with E-state index in [1.165, 1.54) is 0 Å². The molecule has 0 unspecified atom stereocenters. The van der Waals surface area contributed by atoms with Crippen LogP contribution in [0.25, 0.3) is 0 Å². The fourth-order valence-corrected chi connectivity index (χ4v) is 2.38. The second-order valence-corrected chi connectivity index (χ2v) is 5.51. The van der Waals surface area contributed by atoms with Gasteiger partial charge >= 0.3 is 0 Å². The van der Waals surface area contributed by atoms with Gasteiger partial charge in [0, 0.05) is 26.2 Å². The van der Waals surface area contributed by atoms with Crippen LogP contribution in [0.2, 0.25) is 0 Å². The zero-order chi connectivity index (χ0) is 9.19. The summed E-state index contributed by atoms with van der Waals surface area (Å²) < 4.78 is 21.0. The largest absolute Gasteiger partial charge is 0.304 e. The summed E-state index contributed by atoms with van der Waals surface area (Å²) in [5.41, 5.74) is 0. The molecule has 1 aliphatic rings. The third-order valence-corrected chi connectivity index (χ3v) is 4.23. The number of nitrogens with zero attached hydrogens (tertiary/aromatic N) is 2. The van der Waals surface area contributed by atoms with Gasteiger partial charge in [0.25, 0.3) is 0 Å². The third kappa shape index (κ3) is 2.34. The Morgan fingerprint density at radius 2 is 1.67 bits per heavy atom. The van der Waals surface area contributed by atoms with E-state index in [1.54, 1.807) is 4.31 Å². The van der Waals surface area contributed by atoms with Gasteiger partial charge in [-0.05, 0) is 14.0 Å². The topological polar surface area (TPSA) is 46.9 Å². The SMILES string of the molecule is CCS(O)(O)N1CCN(C)CC1. The van der Waals surface area contributed by atoms with Crippen molar-refractivity contribution in [2.45, 2.75) is 6.92 Å². The molecule has 74 valence electrons. The first-order chi connectivity index (χ1) is 5.56. The Morgan fingerprint density at radius 3 is 2.08 bits per heavy atom. The van der Waals surface area contributed by atoms with Crippen LogP contribution < -0.4 is 0 Å². The normalized spacial score (nSPS) is 24.3. The van der Waals surface area contributed by atoms with E-state index in [1.807, 2.05) is 6.92 Å². The van der Waals surface area contributed by atoms with E-state index in [9.17, 15) is 9.11 Å². The van der Waals surface area contributed by atoms with Crippen molar-refractivity contribution in [3.63, 3.8) is 0 Å². The molecule has 12 heavy (non-hydrogen) atoms. The first-order valence-corrected chi connectivity index (χ1v) is 5.93. The monoisotopic (exact) mass is 194 g/mol. The maximum absolute atomic E-state index is 9.58. The van der Waals surface area contributed by atoms with Gasteiger partial charge in [-0.1, -0.05) is 0 Å². The number of rotatable bonds is 2. The third-order valence-electron chi connectivity index (χ3n) is 2.26. The standard InChI is InChI=1S/C7H18N2O2S/c1-3-12(10,11)9-6-4-8(2)5-7-9/h10-11H,3-7H2,1-2H3. The molecule has 0 aromatic heterocycles. The summed E-state index contributed by atoms with van der Waals surface area (Å²) in [5.74, 6) is 0.441. The lowest BCUT2D eigenvalue weighted by Crippen LogP contribution is -2.45. The molecule has 1 heterocycles. The van der Waals surface area contributed by atoms with E-state index in [0.717, 1.165) is 26.2 Å². The molecule has 1 fully saturated rings. The summed E-state index contributed by atoms with van der Waals surface area (Å²) in [4.78, 5) is 2.20. The number of hydrogen-bond acceptors (Lipinski definition) is 4. The molecule has 0 atom stereocenters. The lowest BCUT2D eigenvalue weighted by Gasteiger charge is -2.45. The molecule has 5 heteroatoms. The fourth-order valence-electron chi connectivity index (χ4n) is 1.26. The quantitative estimate of drug-likeness (QED) is 0.686. The van der Waals surface area contributed by atoms with E-state index in [0.29, 0.717) is 5.75 Å². The predicted molar refractivity (Wildman–Crippen MR) is 52.5 cm³/mol. The van der Waals surface area contributed by atoms with Gasteiger partial charge in [-0.3, -0.25) is 9.11 Å². The fraction of sp³-hybridized carbons (Fsp3) is 1.00. The zero-order valence-electron chi connectivity index (χ0n) is 7.73. The van der Waals surface area contributed by atoms with Crippen molar-refractivity contribution in [1.29, 1.82) is 0 Å². The highest BCUT2D eigenvalue weighted by Gasteiger charge is 2.23. The van der Waals surface area contributed by atoms with E-state index in [4.69, 9.17) is 0 Å². The van der Waals surface area contributed by atoms with Crippen molar-refractivity contribution in [3.8, 4) is 0 Å². The van der Waals surface area contributed by atoms with E-state index >= 15 is 0 Å². The summed E-state index contributed by atoms with van der Waals surface area (Å²) in [7, 11) is -0.387. The van der Waals surface area contributed by atoms with Crippen molar-refractivity contribution in [2.75, 3.05) is 39.0 Å². The molecule has 0 radical (unpaired) electrons. The van der Waals surface area contributed by atoms with Gasteiger partial charge in [-0.2, -0.15) is 0 Å². The number of hydrogen-bond donors (Lipinski definition) is 2. The van der Waals surface area contributed by atoms with Gasteiger partial charge in [-0.25, -0.2) is 4.31 Å². The molecule has 0 aromatic rings. The van der Waals surface area contributed by atoms with Gasteiger partial charge in [0.05, 0.1) is 5.75 Å². The minimum absolute atomic E-state index is 0.441. The Labute approximate surface area is 75.6 Å². The van der Waals surface area contributed by atoms with Gasteiger partial charge in [-0.15, -0.1) is 10.8 Å². The van der Waals surface area contributed by atoms with Gasteiger partial charge < -0.3 is 4.90 Å². The van der Waals surface area contributed by atoms with Crippen LogP contribution in [0.1, 0.15) is 6.92 Å². The van der Waals surface area contributed by atoms with E-state index in [2.05, 4.69) is 11.9 Å². The Hall–Kier alpha value is 0.190. The van der Waals surface area contributed by atoms with Gasteiger partial charge in [0.15, 0.2) is 0 Å². The van der Waals surface area contributed by atoms with Crippen molar-refractivity contribution in [2.24, 2.45) is 0 Å². The summed E-state index contributed by atoms with van der Waals surface area (Å²) in [6.45, 7) is 5.21. The van der Waals surface area contributed by atoms with Crippen molar-refractivity contribution in [3.05, 3.63) is 0 Å². The second kappa shape index (κ2) is 3.93. The van der Waals surface area contributed by atoms with Crippen LogP contribution in [0.4, 0.5) is 0 Å². The Balaban J connectivity index is 2.44. The summed E-state index contributed by atoms with van der Waals surface area (Å²) >= 11 is 0. The van der Waals surface area contributed by atoms with E-state index in [-0.39, 0.29) is 0 Å². The zero-order valence-corrected chi connectivity index (χ0v) is 8.55. The van der Waals surface area contributed by atoms with Crippen LogP contribution in [0, 0.1) is 0 Å². The summed E-state index contributed by atoms with van der Waals surface area (Å²) in [6.07, 6.45) is 0. The Kier molecular flexibility index (Phi) is 3.37. The molecule has 0 bridgehead atoms. The van der Waals surface area contributed by atoms with Crippen LogP contribution in [-0.4, -0.2) is 57.3 Å². The highest BCUT2D eigenvalue weighted by atomic mass is 32.3. The molecule has 1 rings (SSSR count). The maximum atomic E-state index is 9.58. The minimum Gasteiger partial charge on any atom is -0.304 e. The van der Waals surface area contributed by atoms with Gasteiger partial charge in [0.1, 0.15) is 0 Å². The summed E-state index contributed by atoms with van der Waals surface area (Å²) in [6, 6.07) is 0. The molecule has 0 aromatic carbocycles. The molecule has 0 saturated carbocycles. The molecular formula is C7H18N2O2S. The van der Waals surface area contributed by atoms with Crippen molar-refractivity contribution >= 4 is 10.8 Å². The average Bonchev–Trinajstić information content (AvgIpc) is 2.05. The lowest BCUT2D eigenvalue weighted by atomic mass is 10.4. The maximum Gasteiger partial charge on any atom is 0.0502 e. The molecule has 0 aliphatic carbocycles. The highest BCUT2D eigenvalue weighted by molar-refractivity contribution is 8.22. The van der Waals surface area contributed by atoms with Gasteiger partial charge in [0.2, 0.25) is 0 Å².